The number of benzene rings is 3. The van der Waals surface area contributed by atoms with E-state index in [1.54, 1.807) is 24.3 Å². The molecule has 0 saturated carbocycles. The summed E-state index contributed by atoms with van der Waals surface area (Å²) in [4.78, 5) is 23.4. The Morgan fingerprint density at radius 2 is 1.62 bits per heavy atom. The van der Waals surface area contributed by atoms with Crippen molar-refractivity contribution in [3.05, 3.63) is 95.6 Å². The van der Waals surface area contributed by atoms with Crippen LogP contribution in [0.25, 0.3) is 0 Å². The molecule has 0 saturated heterocycles. The lowest BCUT2D eigenvalue weighted by Crippen LogP contribution is -2.34. The number of carbonyl (C=O) groups excluding carboxylic acids is 1. The van der Waals surface area contributed by atoms with Crippen LogP contribution in [0, 0.1) is 0 Å². The number of rotatable bonds is 6. The SMILES string of the molecule is O=C(O)c1cccc(NC(=S)NC(=O)c2ccc(COc3ccccc3)cc2)c1. The second kappa shape index (κ2) is 9.48. The first-order chi connectivity index (χ1) is 14.0. The van der Waals surface area contributed by atoms with Crippen molar-refractivity contribution >= 4 is 34.9 Å². The molecule has 7 heteroatoms. The number of carbonyl (C=O) groups is 2. The summed E-state index contributed by atoms with van der Waals surface area (Å²) in [5.74, 6) is -0.634. The van der Waals surface area contributed by atoms with Gasteiger partial charge in [-0.3, -0.25) is 10.1 Å². The van der Waals surface area contributed by atoms with Crippen molar-refractivity contribution in [1.29, 1.82) is 0 Å². The van der Waals surface area contributed by atoms with Gasteiger partial charge in [0.05, 0.1) is 5.56 Å². The fourth-order valence-electron chi connectivity index (χ4n) is 2.50. The van der Waals surface area contributed by atoms with Gasteiger partial charge in [-0.05, 0) is 60.2 Å². The molecule has 0 radical (unpaired) electrons. The highest BCUT2D eigenvalue weighted by molar-refractivity contribution is 7.80. The third-order valence-corrected chi connectivity index (χ3v) is 4.16. The number of anilines is 1. The standard InChI is InChI=1S/C22H18N2O4S/c25-20(24-22(29)23-18-6-4-5-17(13-18)21(26)27)16-11-9-15(10-12-16)14-28-19-7-2-1-3-8-19/h1-13H,14H2,(H,26,27)(H2,23,24,25,29). The summed E-state index contributed by atoms with van der Waals surface area (Å²) >= 11 is 5.13. The van der Waals surface area contributed by atoms with E-state index in [0.29, 0.717) is 17.9 Å². The van der Waals surface area contributed by atoms with Gasteiger partial charge in [0.25, 0.3) is 5.91 Å². The monoisotopic (exact) mass is 406 g/mol. The number of hydrogen-bond acceptors (Lipinski definition) is 4. The number of para-hydroxylation sites is 1. The maximum atomic E-state index is 12.3. The second-order valence-electron chi connectivity index (χ2n) is 6.09. The molecule has 0 fully saturated rings. The molecule has 0 heterocycles. The fourth-order valence-corrected chi connectivity index (χ4v) is 2.71. The van der Waals surface area contributed by atoms with Crippen molar-refractivity contribution in [3.63, 3.8) is 0 Å². The number of carboxylic acid groups (broad SMARTS) is 1. The summed E-state index contributed by atoms with van der Waals surface area (Å²) in [6.07, 6.45) is 0. The second-order valence-corrected chi connectivity index (χ2v) is 6.50. The average Bonchev–Trinajstić information content (AvgIpc) is 2.73. The number of thiocarbonyl (C=S) groups is 1. The van der Waals surface area contributed by atoms with Crippen molar-refractivity contribution < 1.29 is 19.4 Å². The molecule has 0 unspecified atom stereocenters. The van der Waals surface area contributed by atoms with E-state index in [9.17, 15) is 9.59 Å². The molecule has 0 atom stereocenters. The van der Waals surface area contributed by atoms with E-state index in [-0.39, 0.29) is 16.6 Å². The molecule has 6 nitrogen and oxygen atoms in total. The van der Waals surface area contributed by atoms with Crippen molar-refractivity contribution in [3.8, 4) is 5.75 Å². The van der Waals surface area contributed by atoms with Gasteiger partial charge >= 0.3 is 5.97 Å². The lowest BCUT2D eigenvalue weighted by Gasteiger charge is -2.11. The highest BCUT2D eigenvalue weighted by Gasteiger charge is 2.09. The molecule has 0 aliphatic rings. The molecule has 3 N–H and O–H groups in total. The normalized spacial score (nSPS) is 10.1. The summed E-state index contributed by atoms with van der Waals surface area (Å²) in [6.45, 7) is 0.395. The molecule has 1 amide bonds. The first kappa shape index (κ1) is 20.0. The van der Waals surface area contributed by atoms with Crippen LogP contribution in [0.5, 0.6) is 5.75 Å². The van der Waals surface area contributed by atoms with Crippen molar-refractivity contribution in [2.75, 3.05) is 5.32 Å². The Morgan fingerprint density at radius 3 is 2.31 bits per heavy atom. The highest BCUT2D eigenvalue weighted by atomic mass is 32.1. The molecule has 146 valence electrons. The Morgan fingerprint density at radius 1 is 0.897 bits per heavy atom. The van der Waals surface area contributed by atoms with E-state index in [2.05, 4.69) is 10.6 Å². The highest BCUT2D eigenvalue weighted by Crippen LogP contribution is 2.13. The molecular weight excluding hydrogens is 388 g/mol. The van der Waals surface area contributed by atoms with Crippen LogP contribution in [-0.2, 0) is 6.61 Å². The molecule has 0 bridgehead atoms. The van der Waals surface area contributed by atoms with Crippen LogP contribution < -0.4 is 15.4 Å². The van der Waals surface area contributed by atoms with Crippen molar-refractivity contribution in [2.45, 2.75) is 6.61 Å². The predicted octanol–water partition coefficient (Wildman–Crippen LogP) is 4.09. The maximum absolute atomic E-state index is 12.3. The average molecular weight is 406 g/mol. The minimum Gasteiger partial charge on any atom is -0.489 e. The van der Waals surface area contributed by atoms with Crippen LogP contribution >= 0.6 is 12.2 Å². The van der Waals surface area contributed by atoms with Crippen molar-refractivity contribution in [2.24, 2.45) is 0 Å². The largest absolute Gasteiger partial charge is 0.489 e. The van der Waals surface area contributed by atoms with E-state index in [1.165, 1.54) is 12.1 Å². The number of aromatic carboxylic acids is 1. The smallest absolute Gasteiger partial charge is 0.335 e. The first-order valence-electron chi connectivity index (χ1n) is 8.74. The summed E-state index contributed by atoms with van der Waals surface area (Å²) in [6, 6.07) is 22.6. The Kier molecular flexibility index (Phi) is 6.55. The third-order valence-electron chi connectivity index (χ3n) is 3.96. The van der Waals surface area contributed by atoms with Crippen LogP contribution in [0.4, 0.5) is 5.69 Å². The molecular formula is C22H18N2O4S. The summed E-state index contributed by atoms with van der Waals surface area (Å²) < 4.78 is 5.68. The Balaban J connectivity index is 1.54. The zero-order valence-electron chi connectivity index (χ0n) is 15.3. The zero-order valence-corrected chi connectivity index (χ0v) is 16.1. The fraction of sp³-hybridized carbons (Fsp3) is 0.0455. The zero-order chi connectivity index (χ0) is 20.6. The van der Waals surface area contributed by atoms with Gasteiger partial charge in [0.15, 0.2) is 5.11 Å². The number of carboxylic acids is 1. The minimum absolute atomic E-state index is 0.0778. The third kappa shape index (κ3) is 5.88. The van der Waals surface area contributed by atoms with Gasteiger partial charge in [0.2, 0.25) is 0 Å². The summed E-state index contributed by atoms with van der Waals surface area (Å²) in [5.41, 5.74) is 1.97. The summed E-state index contributed by atoms with van der Waals surface area (Å²) in [7, 11) is 0. The van der Waals surface area contributed by atoms with Gasteiger partial charge < -0.3 is 15.2 Å². The first-order valence-corrected chi connectivity index (χ1v) is 9.14. The predicted molar refractivity (Wildman–Crippen MR) is 114 cm³/mol. The van der Waals surface area contributed by atoms with E-state index in [4.69, 9.17) is 22.1 Å². The van der Waals surface area contributed by atoms with E-state index >= 15 is 0 Å². The van der Waals surface area contributed by atoms with Crippen LogP contribution in [-0.4, -0.2) is 22.1 Å². The van der Waals surface area contributed by atoms with Crippen LogP contribution in [0.15, 0.2) is 78.9 Å². The molecule has 0 aliphatic carbocycles. The molecule has 3 rings (SSSR count). The number of ether oxygens (including phenoxy) is 1. The molecule has 0 spiro atoms. The number of nitrogens with one attached hydrogen (secondary N) is 2. The minimum atomic E-state index is -1.04. The van der Waals surface area contributed by atoms with E-state index in [0.717, 1.165) is 11.3 Å². The Labute approximate surface area is 173 Å². The quantitative estimate of drug-likeness (QED) is 0.535. The van der Waals surface area contributed by atoms with Crippen LogP contribution in [0.2, 0.25) is 0 Å². The van der Waals surface area contributed by atoms with E-state index < -0.39 is 5.97 Å². The van der Waals surface area contributed by atoms with Gasteiger partial charge in [-0.25, -0.2) is 4.79 Å². The molecule has 29 heavy (non-hydrogen) atoms. The Bertz CT molecular complexity index is 1020. The van der Waals surface area contributed by atoms with Gasteiger partial charge in [0, 0.05) is 11.3 Å². The Hall–Kier alpha value is -3.71. The summed E-state index contributed by atoms with van der Waals surface area (Å²) in [5, 5.41) is 14.5. The molecule has 3 aromatic carbocycles. The van der Waals surface area contributed by atoms with Gasteiger partial charge in [-0.1, -0.05) is 36.4 Å². The van der Waals surface area contributed by atoms with Gasteiger partial charge in [-0.2, -0.15) is 0 Å². The van der Waals surface area contributed by atoms with Crippen LogP contribution in [0.1, 0.15) is 26.3 Å². The molecule has 0 aliphatic heterocycles. The van der Waals surface area contributed by atoms with Gasteiger partial charge in [0.1, 0.15) is 12.4 Å². The number of amides is 1. The maximum Gasteiger partial charge on any atom is 0.335 e. The van der Waals surface area contributed by atoms with Crippen molar-refractivity contribution in [1.82, 2.24) is 5.32 Å². The van der Waals surface area contributed by atoms with E-state index in [1.807, 2.05) is 42.5 Å². The van der Waals surface area contributed by atoms with Gasteiger partial charge in [-0.15, -0.1) is 0 Å². The number of hydrogen-bond donors (Lipinski definition) is 3. The molecule has 0 aromatic heterocycles. The van der Waals surface area contributed by atoms with Crippen LogP contribution in [0.3, 0.4) is 0 Å². The lowest BCUT2D eigenvalue weighted by molar-refractivity contribution is 0.0696. The topological polar surface area (TPSA) is 87.7 Å². The molecule has 3 aromatic rings. The lowest BCUT2D eigenvalue weighted by atomic mass is 10.1.